The molecule has 1 aromatic heterocycles. The first-order chi connectivity index (χ1) is 10.5. The van der Waals surface area contributed by atoms with Gasteiger partial charge in [0.15, 0.2) is 0 Å². The first kappa shape index (κ1) is 16.5. The zero-order valence-corrected chi connectivity index (χ0v) is 14.1. The average Bonchev–Trinajstić information content (AvgIpc) is 2.96. The number of tetrazole rings is 1. The molecule has 0 spiro atoms. The summed E-state index contributed by atoms with van der Waals surface area (Å²) >= 11 is 1.36. The number of amides is 1. The van der Waals surface area contributed by atoms with E-state index in [2.05, 4.69) is 27.8 Å². The van der Waals surface area contributed by atoms with Gasteiger partial charge in [-0.2, -0.15) is 0 Å². The maximum atomic E-state index is 12.3. The Kier molecular flexibility index (Phi) is 5.54. The predicted molar refractivity (Wildman–Crippen MR) is 88.0 cm³/mol. The minimum atomic E-state index is -0.283. The standard InChI is InChI=1S/C15H21N5OS/c1-5-12-6-8-13(9-7-12)16-14(21)11(4)22-15-17-18-19-20(15)10(2)3/h6-11H,5H2,1-4H3,(H,16,21)/t11-/m0/s1. The number of hydrogen-bond acceptors (Lipinski definition) is 5. The van der Waals surface area contributed by atoms with Crippen LogP contribution in [0, 0.1) is 0 Å². The van der Waals surface area contributed by atoms with Crippen LogP contribution in [0.25, 0.3) is 0 Å². The highest BCUT2D eigenvalue weighted by atomic mass is 32.2. The van der Waals surface area contributed by atoms with Crippen molar-refractivity contribution < 1.29 is 4.79 Å². The van der Waals surface area contributed by atoms with E-state index in [0.29, 0.717) is 5.16 Å². The summed E-state index contributed by atoms with van der Waals surface area (Å²) in [7, 11) is 0. The molecule has 0 unspecified atom stereocenters. The van der Waals surface area contributed by atoms with E-state index in [1.165, 1.54) is 17.3 Å². The molecule has 0 aliphatic rings. The molecule has 0 saturated heterocycles. The summed E-state index contributed by atoms with van der Waals surface area (Å²) < 4.78 is 1.71. The van der Waals surface area contributed by atoms with Gasteiger partial charge in [-0.1, -0.05) is 30.8 Å². The lowest BCUT2D eigenvalue weighted by atomic mass is 10.1. The lowest BCUT2D eigenvalue weighted by Crippen LogP contribution is -2.23. The molecule has 0 radical (unpaired) electrons. The number of aromatic nitrogens is 4. The normalized spacial score (nSPS) is 12.4. The highest BCUT2D eigenvalue weighted by Crippen LogP contribution is 2.23. The Balaban J connectivity index is 1.98. The predicted octanol–water partition coefficient (Wildman–Crippen LogP) is 2.94. The molecule has 1 amide bonds. The highest BCUT2D eigenvalue weighted by Gasteiger charge is 2.19. The molecule has 2 aromatic rings. The van der Waals surface area contributed by atoms with E-state index in [4.69, 9.17) is 0 Å². The molecule has 6 nitrogen and oxygen atoms in total. The van der Waals surface area contributed by atoms with Gasteiger partial charge in [0.2, 0.25) is 11.1 Å². The number of hydrogen-bond donors (Lipinski definition) is 1. The summed E-state index contributed by atoms with van der Waals surface area (Å²) in [5, 5.41) is 14.9. The number of rotatable bonds is 6. The minimum Gasteiger partial charge on any atom is -0.325 e. The largest absolute Gasteiger partial charge is 0.325 e. The summed E-state index contributed by atoms with van der Waals surface area (Å²) in [6, 6.07) is 8.05. The molecule has 1 atom stereocenters. The second-order valence-corrected chi connectivity index (χ2v) is 6.61. The van der Waals surface area contributed by atoms with Gasteiger partial charge >= 0.3 is 0 Å². The van der Waals surface area contributed by atoms with Gasteiger partial charge in [0, 0.05) is 5.69 Å². The molecule has 0 aliphatic carbocycles. The molecule has 1 heterocycles. The van der Waals surface area contributed by atoms with Crippen molar-refractivity contribution in [2.45, 2.75) is 50.6 Å². The maximum Gasteiger partial charge on any atom is 0.237 e. The van der Waals surface area contributed by atoms with Crippen LogP contribution in [0.2, 0.25) is 0 Å². The maximum absolute atomic E-state index is 12.3. The molecule has 0 aliphatic heterocycles. The van der Waals surface area contributed by atoms with Crippen LogP contribution in [0.4, 0.5) is 5.69 Å². The molecule has 1 N–H and O–H groups in total. The van der Waals surface area contributed by atoms with Gasteiger partial charge < -0.3 is 5.32 Å². The molecule has 1 aromatic carbocycles. The minimum absolute atomic E-state index is 0.0624. The van der Waals surface area contributed by atoms with Gasteiger partial charge in [0.25, 0.3) is 0 Å². The molecule has 0 saturated carbocycles. The summed E-state index contributed by atoms with van der Waals surface area (Å²) in [6.45, 7) is 7.95. The number of anilines is 1. The van der Waals surface area contributed by atoms with Crippen LogP contribution in [0.3, 0.4) is 0 Å². The first-order valence-electron chi connectivity index (χ1n) is 7.35. The number of benzene rings is 1. The van der Waals surface area contributed by atoms with Gasteiger partial charge in [0.1, 0.15) is 0 Å². The number of nitrogens with one attached hydrogen (secondary N) is 1. The fourth-order valence-electron chi connectivity index (χ4n) is 1.87. The number of carbonyl (C=O) groups excluding carboxylic acids is 1. The van der Waals surface area contributed by atoms with Crippen LogP contribution >= 0.6 is 11.8 Å². The Morgan fingerprint density at radius 3 is 2.55 bits per heavy atom. The molecular formula is C15H21N5OS. The number of nitrogens with zero attached hydrogens (tertiary/aromatic N) is 4. The molecule has 0 bridgehead atoms. The Hall–Kier alpha value is -1.89. The van der Waals surface area contributed by atoms with Crippen LogP contribution in [0.15, 0.2) is 29.4 Å². The third kappa shape index (κ3) is 4.07. The van der Waals surface area contributed by atoms with Gasteiger partial charge in [0.05, 0.1) is 11.3 Å². The van der Waals surface area contributed by atoms with E-state index in [1.807, 2.05) is 45.0 Å². The molecule has 7 heteroatoms. The van der Waals surface area contributed by atoms with Crippen molar-refractivity contribution in [2.75, 3.05) is 5.32 Å². The van der Waals surface area contributed by atoms with Crippen LogP contribution < -0.4 is 5.32 Å². The Morgan fingerprint density at radius 2 is 1.95 bits per heavy atom. The van der Waals surface area contributed by atoms with E-state index in [1.54, 1.807) is 4.68 Å². The van der Waals surface area contributed by atoms with E-state index in [9.17, 15) is 4.79 Å². The number of thioether (sulfide) groups is 1. The van der Waals surface area contributed by atoms with Crippen LogP contribution in [-0.4, -0.2) is 31.4 Å². The van der Waals surface area contributed by atoms with E-state index >= 15 is 0 Å². The van der Waals surface area contributed by atoms with Crippen molar-refractivity contribution in [1.82, 2.24) is 20.2 Å². The summed E-state index contributed by atoms with van der Waals surface area (Å²) in [5.41, 5.74) is 2.05. The fraction of sp³-hybridized carbons (Fsp3) is 0.467. The monoisotopic (exact) mass is 319 g/mol. The molecule has 118 valence electrons. The first-order valence-corrected chi connectivity index (χ1v) is 8.23. The number of carbonyl (C=O) groups is 1. The molecule has 22 heavy (non-hydrogen) atoms. The SMILES string of the molecule is CCc1ccc(NC(=O)[C@H](C)Sc2nnnn2C(C)C)cc1. The highest BCUT2D eigenvalue weighted by molar-refractivity contribution is 8.00. The second kappa shape index (κ2) is 7.40. The van der Waals surface area contributed by atoms with Gasteiger partial charge in [-0.3, -0.25) is 4.79 Å². The topological polar surface area (TPSA) is 72.7 Å². The van der Waals surface area contributed by atoms with E-state index in [-0.39, 0.29) is 17.2 Å². The number of aryl methyl sites for hydroxylation is 1. The zero-order valence-electron chi connectivity index (χ0n) is 13.3. The summed E-state index contributed by atoms with van der Waals surface area (Å²) in [4.78, 5) is 12.3. The van der Waals surface area contributed by atoms with Crippen LogP contribution in [-0.2, 0) is 11.2 Å². The third-order valence-corrected chi connectivity index (χ3v) is 4.28. The fourth-order valence-corrected chi connectivity index (χ4v) is 2.79. The molecular weight excluding hydrogens is 298 g/mol. The average molecular weight is 319 g/mol. The van der Waals surface area contributed by atoms with Gasteiger partial charge in [-0.15, -0.1) is 5.10 Å². The van der Waals surface area contributed by atoms with Crippen molar-refractivity contribution in [3.8, 4) is 0 Å². The second-order valence-electron chi connectivity index (χ2n) is 5.30. The van der Waals surface area contributed by atoms with Crippen molar-refractivity contribution >= 4 is 23.4 Å². The van der Waals surface area contributed by atoms with E-state index in [0.717, 1.165) is 12.1 Å². The van der Waals surface area contributed by atoms with E-state index < -0.39 is 0 Å². The van der Waals surface area contributed by atoms with Crippen molar-refractivity contribution in [2.24, 2.45) is 0 Å². The third-order valence-electron chi connectivity index (χ3n) is 3.23. The zero-order chi connectivity index (χ0) is 16.1. The summed E-state index contributed by atoms with van der Waals surface area (Å²) in [5.74, 6) is -0.0624. The lowest BCUT2D eigenvalue weighted by molar-refractivity contribution is -0.115. The van der Waals surface area contributed by atoms with Crippen molar-refractivity contribution in [1.29, 1.82) is 0 Å². The van der Waals surface area contributed by atoms with Crippen LogP contribution in [0.1, 0.15) is 39.3 Å². The molecule has 2 rings (SSSR count). The Morgan fingerprint density at radius 1 is 1.27 bits per heavy atom. The van der Waals surface area contributed by atoms with Gasteiger partial charge in [-0.05, 0) is 55.3 Å². The van der Waals surface area contributed by atoms with Crippen molar-refractivity contribution in [3.63, 3.8) is 0 Å². The lowest BCUT2D eigenvalue weighted by Gasteiger charge is -2.13. The quantitative estimate of drug-likeness (QED) is 0.829. The van der Waals surface area contributed by atoms with Gasteiger partial charge in [-0.25, -0.2) is 4.68 Å². The molecule has 0 fully saturated rings. The van der Waals surface area contributed by atoms with Crippen molar-refractivity contribution in [3.05, 3.63) is 29.8 Å². The smallest absolute Gasteiger partial charge is 0.237 e. The Bertz CT molecular complexity index is 623. The van der Waals surface area contributed by atoms with Crippen LogP contribution in [0.5, 0.6) is 0 Å². The Labute approximate surface area is 134 Å². The summed E-state index contributed by atoms with van der Waals surface area (Å²) in [6.07, 6.45) is 0.984.